The predicted molar refractivity (Wildman–Crippen MR) is 134 cm³/mol. The first-order valence-corrected chi connectivity index (χ1v) is 11.6. The molecule has 0 aromatic heterocycles. The van der Waals surface area contributed by atoms with E-state index < -0.39 is 0 Å². The molecule has 1 N–H and O–H groups in total. The molecule has 0 unspecified atom stereocenters. The molecule has 5 nitrogen and oxygen atoms in total. The van der Waals surface area contributed by atoms with Crippen molar-refractivity contribution in [3.63, 3.8) is 0 Å². The summed E-state index contributed by atoms with van der Waals surface area (Å²) in [6.45, 7) is 6.41. The fourth-order valence-electron chi connectivity index (χ4n) is 3.28. The molecule has 0 aliphatic heterocycles. The summed E-state index contributed by atoms with van der Waals surface area (Å²) in [4.78, 5) is 26.3. The number of methoxy groups -OCH3 is 2. The number of hydrogen-bond donors (Lipinski definition) is 1. The number of nitrogens with one attached hydrogen (secondary N) is 1. The highest BCUT2D eigenvalue weighted by Gasteiger charge is 2.16. The van der Waals surface area contributed by atoms with E-state index in [2.05, 4.69) is 26.1 Å². The smallest absolute Gasteiger partial charge is 0.234 e. The maximum Gasteiger partial charge on any atom is 0.234 e. The van der Waals surface area contributed by atoms with Crippen LogP contribution in [0, 0.1) is 0 Å². The maximum absolute atomic E-state index is 12.9. The number of rotatable bonds is 8. The van der Waals surface area contributed by atoms with E-state index in [-0.39, 0.29) is 22.9 Å². The van der Waals surface area contributed by atoms with Crippen LogP contribution in [0.15, 0.2) is 71.6 Å². The van der Waals surface area contributed by atoms with Crippen molar-refractivity contribution >= 4 is 29.1 Å². The van der Waals surface area contributed by atoms with Crippen LogP contribution in [0.5, 0.6) is 11.5 Å². The highest BCUT2D eigenvalue weighted by atomic mass is 32.2. The Balaban J connectivity index is 1.63. The van der Waals surface area contributed by atoms with E-state index in [9.17, 15) is 9.59 Å². The van der Waals surface area contributed by atoms with Crippen LogP contribution >= 0.6 is 11.8 Å². The number of thioether (sulfide) groups is 1. The summed E-state index contributed by atoms with van der Waals surface area (Å²) in [6, 6.07) is 20.2. The number of carbonyl (C=O) groups is 2. The van der Waals surface area contributed by atoms with Crippen LogP contribution in [-0.4, -0.2) is 31.7 Å². The van der Waals surface area contributed by atoms with Gasteiger partial charge in [-0.3, -0.25) is 9.59 Å². The summed E-state index contributed by atoms with van der Waals surface area (Å²) in [5.41, 5.74) is 2.94. The molecular weight excluding hydrogens is 434 g/mol. The topological polar surface area (TPSA) is 64.6 Å². The van der Waals surface area contributed by atoms with Crippen LogP contribution in [0.4, 0.5) is 5.69 Å². The van der Waals surface area contributed by atoms with Crippen LogP contribution in [0.2, 0.25) is 0 Å². The predicted octanol–water partition coefficient (Wildman–Crippen LogP) is 5.96. The second-order valence-corrected chi connectivity index (χ2v) is 9.64. The average Bonchev–Trinajstić information content (AvgIpc) is 2.81. The van der Waals surface area contributed by atoms with Gasteiger partial charge in [-0.15, -0.1) is 11.8 Å². The van der Waals surface area contributed by atoms with Gasteiger partial charge >= 0.3 is 0 Å². The lowest BCUT2D eigenvalue weighted by molar-refractivity contribution is -0.113. The molecule has 172 valence electrons. The van der Waals surface area contributed by atoms with Crippen LogP contribution < -0.4 is 14.8 Å². The number of benzene rings is 3. The molecule has 0 spiro atoms. The summed E-state index contributed by atoms with van der Waals surface area (Å²) >= 11 is 1.39. The van der Waals surface area contributed by atoms with Crippen molar-refractivity contribution in [2.75, 3.05) is 25.3 Å². The van der Waals surface area contributed by atoms with E-state index in [4.69, 9.17) is 9.47 Å². The van der Waals surface area contributed by atoms with Crippen LogP contribution in [-0.2, 0) is 10.2 Å². The summed E-state index contributed by atoms with van der Waals surface area (Å²) in [7, 11) is 3.16. The second-order valence-electron chi connectivity index (χ2n) is 8.59. The molecule has 0 aliphatic carbocycles. The van der Waals surface area contributed by atoms with E-state index >= 15 is 0 Å². The minimum atomic E-state index is -0.158. The molecular formula is C27H29NO4S. The normalized spacial score (nSPS) is 11.1. The molecule has 0 radical (unpaired) electrons. The molecule has 1 amide bonds. The Morgan fingerprint density at radius 3 is 2.18 bits per heavy atom. The Hall–Kier alpha value is -3.25. The molecule has 0 fully saturated rings. The second kappa shape index (κ2) is 10.6. The quantitative estimate of drug-likeness (QED) is 0.330. The minimum Gasteiger partial charge on any atom is -0.493 e. The highest BCUT2D eigenvalue weighted by molar-refractivity contribution is 8.00. The molecule has 3 aromatic carbocycles. The molecule has 0 bridgehead atoms. The van der Waals surface area contributed by atoms with Crippen LogP contribution in [0.1, 0.15) is 42.3 Å². The van der Waals surface area contributed by atoms with E-state index in [0.717, 1.165) is 4.90 Å². The maximum atomic E-state index is 12.9. The standard InChI is InChI=1S/C27H29NO4S/c1-27(2,3)20-11-9-18(10-12-20)26(30)19-7-6-8-21(15-19)28-25(29)17-33-22-13-14-23(31-4)24(16-22)32-5/h6-16H,17H2,1-5H3,(H,28,29). The highest BCUT2D eigenvalue weighted by Crippen LogP contribution is 2.32. The van der Waals surface area contributed by atoms with Crippen molar-refractivity contribution in [3.05, 3.63) is 83.4 Å². The molecule has 3 rings (SSSR count). The van der Waals surface area contributed by atoms with Crippen molar-refractivity contribution < 1.29 is 19.1 Å². The van der Waals surface area contributed by atoms with Gasteiger partial charge in [-0.1, -0.05) is 57.2 Å². The fraction of sp³-hybridized carbons (Fsp3) is 0.259. The fourth-order valence-corrected chi connectivity index (χ4v) is 4.00. The van der Waals surface area contributed by atoms with E-state index in [1.165, 1.54) is 17.3 Å². The number of ether oxygens (including phenoxy) is 2. The first-order valence-electron chi connectivity index (χ1n) is 10.6. The van der Waals surface area contributed by atoms with Gasteiger partial charge in [-0.05, 0) is 41.3 Å². The van der Waals surface area contributed by atoms with Crippen molar-refractivity contribution in [2.45, 2.75) is 31.1 Å². The van der Waals surface area contributed by atoms with Crippen molar-refractivity contribution in [1.29, 1.82) is 0 Å². The Morgan fingerprint density at radius 2 is 1.55 bits per heavy atom. The molecule has 6 heteroatoms. The van der Waals surface area contributed by atoms with E-state index in [1.807, 2.05) is 42.5 Å². The number of hydrogen-bond acceptors (Lipinski definition) is 5. The average molecular weight is 464 g/mol. The lowest BCUT2D eigenvalue weighted by Gasteiger charge is -2.19. The number of carbonyl (C=O) groups excluding carboxylic acids is 2. The summed E-state index contributed by atoms with van der Waals surface area (Å²) in [5.74, 6) is 1.24. The summed E-state index contributed by atoms with van der Waals surface area (Å²) in [6.07, 6.45) is 0. The third-order valence-electron chi connectivity index (χ3n) is 5.15. The SMILES string of the molecule is COc1ccc(SCC(=O)Nc2cccc(C(=O)c3ccc(C(C)(C)C)cc3)c2)cc1OC. The lowest BCUT2D eigenvalue weighted by Crippen LogP contribution is -2.14. The lowest BCUT2D eigenvalue weighted by atomic mass is 9.86. The molecule has 0 atom stereocenters. The molecule has 0 saturated heterocycles. The zero-order chi connectivity index (χ0) is 24.0. The Kier molecular flexibility index (Phi) is 7.82. The zero-order valence-corrected chi connectivity index (χ0v) is 20.4. The number of ketones is 1. The first kappa shape index (κ1) is 24.4. The Morgan fingerprint density at radius 1 is 0.848 bits per heavy atom. The monoisotopic (exact) mass is 463 g/mol. The Labute approximate surface area is 199 Å². The molecule has 0 heterocycles. The van der Waals surface area contributed by atoms with Crippen molar-refractivity contribution in [2.24, 2.45) is 0 Å². The van der Waals surface area contributed by atoms with Crippen molar-refractivity contribution in [3.8, 4) is 11.5 Å². The summed E-state index contributed by atoms with van der Waals surface area (Å²) in [5, 5.41) is 2.87. The van der Waals surface area contributed by atoms with Crippen molar-refractivity contribution in [1.82, 2.24) is 0 Å². The molecule has 0 aliphatic rings. The van der Waals surface area contributed by atoms with Crippen LogP contribution in [0.3, 0.4) is 0 Å². The van der Waals surface area contributed by atoms with Gasteiger partial charge in [0.05, 0.1) is 20.0 Å². The van der Waals surface area contributed by atoms with Gasteiger partial charge < -0.3 is 14.8 Å². The van der Waals surface area contributed by atoms with Gasteiger partial charge in [0.2, 0.25) is 5.91 Å². The van der Waals surface area contributed by atoms with Crippen LogP contribution in [0.25, 0.3) is 0 Å². The first-order chi connectivity index (χ1) is 15.7. The molecule has 0 saturated carbocycles. The van der Waals surface area contributed by atoms with E-state index in [1.54, 1.807) is 38.5 Å². The van der Waals surface area contributed by atoms with Gasteiger partial charge in [0.25, 0.3) is 0 Å². The van der Waals surface area contributed by atoms with Gasteiger partial charge in [0.15, 0.2) is 17.3 Å². The van der Waals surface area contributed by atoms with Gasteiger partial charge in [0, 0.05) is 21.7 Å². The summed E-state index contributed by atoms with van der Waals surface area (Å²) < 4.78 is 10.5. The Bertz CT molecular complexity index is 1130. The van der Waals surface area contributed by atoms with E-state index in [0.29, 0.717) is 28.3 Å². The molecule has 33 heavy (non-hydrogen) atoms. The minimum absolute atomic E-state index is 0.0285. The number of amides is 1. The zero-order valence-electron chi connectivity index (χ0n) is 19.6. The third-order valence-corrected chi connectivity index (χ3v) is 6.14. The van der Waals surface area contributed by atoms with Gasteiger partial charge in [-0.25, -0.2) is 0 Å². The van der Waals surface area contributed by atoms with Gasteiger partial charge in [-0.2, -0.15) is 0 Å². The largest absolute Gasteiger partial charge is 0.493 e. The van der Waals surface area contributed by atoms with Gasteiger partial charge in [0.1, 0.15) is 0 Å². The number of anilines is 1. The third kappa shape index (κ3) is 6.39. The molecule has 3 aromatic rings.